The van der Waals surface area contributed by atoms with E-state index in [4.69, 9.17) is 0 Å². The van der Waals surface area contributed by atoms with Crippen molar-refractivity contribution in [1.82, 2.24) is 15.1 Å². The Kier molecular flexibility index (Phi) is 5.25. The van der Waals surface area contributed by atoms with Crippen LogP contribution in [0.1, 0.15) is 44.1 Å². The quantitative estimate of drug-likeness (QED) is 0.881. The molecule has 1 aromatic rings. The van der Waals surface area contributed by atoms with Crippen LogP contribution in [0.25, 0.3) is 0 Å². The van der Waals surface area contributed by atoms with Gasteiger partial charge in [0.2, 0.25) is 11.8 Å². The molecule has 1 saturated carbocycles. The fraction of sp³-hybridized carbons (Fsp3) is 0.619. The minimum atomic E-state index is 0.0211. The first-order valence-electron chi connectivity index (χ1n) is 10.1. The average molecular weight is 355 g/mol. The van der Waals surface area contributed by atoms with E-state index in [9.17, 15) is 9.59 Å². The van der Waals surface area contributed by atoms with Crippen molar-refractivity contribution in [3.63, 3.8) is 0 Å². The molecule has 5 heteroatoms. The van der Waals surface area contributed by atoms with Crippen LogP contribution < -0.4 is 5.32 Å². The number of hydrogen-bond acceptors (Lipinski definition) is 3. The van der Waals surface area contributed by atoms with Crippen molar-refractivity contribution in [2.75, 3.05) is 19.6 Å². The lowest BCUT2D eigenvalue weighted by molar-refractivity contribution is -0.137. The first kappa shape index (κ1) is 17.5. The number of carbonyl (C=O) groups excluding carboxylic acids is 2. The first-order valence-corrected chi connectivity index (χ1v) is 10.1. The van der Waals surface area contributed by atoms with Gasteiger partial charge >= 0.3 is 0 Å². The lowest BCUT2D eigenvalue weighted by atomic mass is 10.0. The molecule has 2 heterocycles. The zero-order valence-electron chi connectivity index (χ0n) is 15.4. The number of carbonyl (C=O) groups is 2. The predicted molar refractivity (Wildman–Crippen MR) is 100 cm³/mol. The Balaban J connectivity index is 1.29. The number of hydrogen-bond donors (Lipinski definition) is 1. The van der Waals surface area contributed by atoms with E-state index >= 15 is 0 Å². The van der Waals surface area contributed by atoms with Gasteiger partial charge in [-0.05, 0) is 50.6 Å². The second-order valence-corrected chi connectivity index (χ2v) is 8.00. The molecule has 0 aromatic heterocycles. The van der Waals surface area contributed by atoms with Gasteiger partial charge in [0.25, 0.3) is 0 Å². The highest BCUT2D eigenvalue weighted by Crippen LogP contribution is 2.29. The highest BCUT2D eigenvalue weighted by atomic mass is 16.2. The number of benzene rings is 1. The summed E-state index contributed by atoms with van der Waals surface area (Å²) in [4.78, 5) is 29.3. The largest absolute Gasteiger partial charge is 0.353 e. The van der Waals surface area contributed by atoms with Crippen LogP contribution in [0.3, 0.4) is 0 Å². The predicted octanol–water partition coefficient (Wildman–Crippen LogP) is 2.17. The van der Waals surface area contributed by atoms with Crippen LogP contribution in [0.15, 0.2) is 30.3 Å². The molecule has 26 heavy (non-hydrogen) atoms. The molecule has 1 atom stereocenters. The second-order valence-electron chi connectivity index (χ2n) is 8.00. The average Bonchev–Trinajstić information content (AvgIpc) is 3.43. The van der Waals surface area contributed by atoms with Gasteiger partial charge in [-0.1, -0.05) is 30.3 Å². The third kappa shape index (κ3) is 4.09. The summed E-state index contributed by atoms with van der Waals surface area (Å²) in [6, 6.07) is 10.7. The van der Waals surface area contributed by atoms with Crippen molar-refractivity contribution in [2.45, 2.75) is 57.2 Å². The fourth-order valence-electron chi connectivity index (χ4n) is 4.23. The van der Waals surface area contributed by atoms with Gasteiger partial charge in [0.05, 0.1) is 6.04 Å². The number of nitrogens with zero attached hydrogens (tertiary/aromatic N) is 2. The monoisotopic (exact) mass is 355 g/mol. The maximum atomic E-state index is 13.0. The van der Waals surface area contributed by atoms with Gasteiger partial charge in [0, 0.05) is 31.6 Å². The first-order chi connectivity index (χ1) is 12.7. The molecular formula is C21H29N3O2. The van der Waals surface area contributed by atoms with Crippen molar-refractivity contribution in [1.29, 1.82) is 0 Å². The van der Waals surface area contributed by atoms with E-state index in [1.807, 2.05) is 11.0 Å². The van der Waals surface area contributed by atoms with Gasteiger partial charge < -0.3 is 10.2 Å². The van der Waals surface area contributed by atoms with Gasteiger partial charge in [-0.3, -0.25) is 14.5 Å². The summed E-state index contributed by atoms with van der Waals surface area (Å²) in [5.41, 5.74) is 1.27. The van der Waals surface area contributed by atoms with Gasteiger partial charge in [-0.15, -0.1) is 0 Å². The Morgan fingerprint density at radius 2 is 1.69 bits per heavy atom. The summed E-state index contributed by atoms with van der Waals surface area (Å²) < 4.78 is 0. The molecule has 2 aliphatic heterocycles. The van der Waals surface area contributed by atoms with Crippen LogP contribution in [0.2, 0.25) is 0 Å². The highest BCUT2D eigenvalue weighted by Gasteiger charge is 2.36. The third-order valence-corrected chi connectivity index (χ3v) is 5.98. The Labute approximate surface area is 155 Å². The molecule has 140 valence electrons. The SMILES string of the molecule is O=C(NC1CCN(C(=O)C2CCCN2Cc2ccccc2)CC1)C1CC1. The molecule has 3 aliphatic rings. The number of likely N-dealkylation sites (tertiary alicyclic amines) is 2. The zero-order valence-corrected chi connectivity index (χ0v) is 15.4. The van der Waals surface area contributed by atoms with Crippen LogP contribution in [-0.4, -0.2) is 53.3 Å². The molecule has 5 nitrogen and oxygen atoms in total. The molecule has 2 amide bonds. The highest BCUT2D eigenvalue weighted by molar-refractivity contribution is 5.83. The summed E-state index contributed by atoms with van der Waals surface area (Å²) >= 11 is 0. The third-order valence-electron chi connectivity index (χ3n) is 5.98. The van der Waals surface area contributed by atoms with E-state index in [1.54, 1.807) is 0 Å². The molecular weight excluding hydrogens is 326 g/mol. The van der Waals surface area contributed by atoms with Gasteiger partial charge in [-0.25, -0.2) is 0 Å². The summed E-state index contributed by atoms with van der Waals surface area (Å²) in [5, 5.41) is 3.16. The molecule has 0 bridgehead atoms. The molecule has 4 rings (SSSR count). The summed E-state index contributed by atoms with van der Waals surface area (Å²) in [6.45, 7) is 3.39. The summed E-state index contributed by atoms with van der Waals surface area (Å²) in [6.07, 6.45) is 5.91. The lowest BCUT2D eigenvalue weighted by Crippen LogP contribution is -2.51. The number of rotatable bonds is 5. The normalized spacial score (nSPS) is 24.6. The number of amides is 2. The Bertz CT molecular complexity index is 636. The van der Waals surface area contributed by atoms with Crippen LogP contribution >= 0.6 is 0 Å². The second kappa shape index (κ2) is 7.78. The minimum Gasteiger partial charge on any atom is -0.353 e. The maximum Gasteiger partial charge on any atom is 0.239 e. The molecule has 0 radical (unpaired) electrons. The summed E-state index contributed by atoms with van der Waals surface area (Å²) in [7, 11) is 0. The van der Waals surface area contributed by atoms with E-state index in [-0.39, 0.29) is 29.8 Å². The Morgan fingerprint density at radius 1 is 0.962 bits per heavy atom. The van der Waals surface area contributed by atoms with Crippen molar-refractivity contribution in [3.05, 3.63) is 35.9 Å². The van der Waals surface area contributed by atoms with Crippen LogP contribution in [0.4, 0.5) is 0 Å². The molecule has 1 unspecified atom stereocenters. The van der Waals surface area contributed by atoms with Crippen molar-refractivity contribution in [3.8, 4) is 0 Å². The van der Waals surface area contributed by atoms with Gasteiger partial charge in [0.1, 0.15) is 0 Å². The van der Waals surface area contributed by atoms with Crippen LogP contribution in [0.5, 0.6) is 0 Å². The van der Waals surface area contributed by atoms with Crippen molar-refractivity contribution < 1.29 is 9.59 Å². The van der Waals surface area contributed by atoms with E-state index in [0.29, 0.717) is 0 Å². The van der Waals surface area contributed by atoms with Crippen molar-refractivity contribution >= 4 is 11.8 Å². The minimum absolute atomic E-state index is 0.0211. The van der Waals surface area contributed by atoms with E-state index in [1.165, 1.54) is 5.56 Å². The maximum absolute atomic E-state index is 13.0. The standard InChI is InChI=1S/C21H29N3O2/c25-20(17-8-9-17)22-18-10-13-23(14-11-18)21(26)19-7-4-12-24(19)15-16-5-2-1-3-6-16/h1-3,5-6,17-19H,4,7-15H2,(H,22,25). The Hall–Kier alpha value is -1.88. The molecule has 1 N–H and O–H groups in total. The molecule has 3 fully saturated rings. The van der Waals surface area contributed by atoms with Gasteiger partial charge in [0.15, 0.2) is 0 Å². The number of nitrogens with one attached hydrogen (secondary N) is 1. The van der Waals surface area contributed by atoms with Crippen LogP contribution in [0, 0.1) is 5.92 Å². The van der Waals surface area contributed by atoms with Crippen LogP contribution in [-0.2, 0) is 16.1 Å². The smallest absolute Gasteiger partial charge is 0.239 e. The Morgan fingerprint density at radius 3 is 2.38 bits per heavy atom. The van der Waals surface area contributed by atoms with Crippen molar-refractivity contribution in [2.24, 2.45) is 5.92 Å². The topological polar surface area (TPSA) is 52.7 Å². The zero-order chi connectivity index (χ0) is 17.9. The molecule has 0 spiro atoms. The molecule has 1 aliphatic carbocycles. The lowest BCUT2D eigenvalue weighted by Gasteiger charge is -2.35. The van der Waals surface area contributed by atoms with Gasteiger partial charge in [-0.2, -0.15) is 0 Å². The number of piperidine rings is 1. The fourth-order valence-corrected chi connectivity index (χ4v) is 4.23. The van der Waals surface area contributed by atoms with E-state index in [0.717, 1.165) is 64.7 Å². The van der Waals surface area contributed by atoms with E-state index in [2.05, 4.69) is 34.5 Å². The summed E-state index contributed by atoms with van der Waals surface area (Å²) in [5.74, 6) is 0.768. The molecule has 2 saturated heterocycles. The molecule has 1 aromatic carbocycles. The van der Waals surface area contributed by atoms with E-state index < -0.39 is 0 Å².